The van der Waals surface area contributed by atoms with Gasteiger partial charge in [0.1, 0.15) is 0 Å². The van der Waals surface area contributed by atoms with E-state index in [1.165, 1.54) is 0 Å². The maximum absolute atomic E-state index is 12.2. The number of hydrogen-bond donors (Lipinski definition) is 3. The lowest BCUT2D eigenvalue weighted by molar-refractivity contribution is -0.117. The molecule has 4 N–H and O–H groups in total. The molecule has 1 heterocycles. The van der Waals surface area contributed by atoms with E-state index < -0.39 is 6.04 Å². The number of carbonyl (C=O) groups is 1. The molecule has 1 aromatic carbocycles. The SMILES string of the molecule is CSCC[C@H](N)C(=O)Nc1ccccc1Sc1c(C)n[nH]c1C.Cl. The zero-order valence-electron chi connectivity index (χ0n) is 14.0. The molecule has 0 aliphatic carbocycles. The highest BCUT2D eigenvalue weighted by Crippen LogP contribution is 2.36. The van der Waals surface area contributed by atoms with Crippen molar-refractivity contribution in [2.75, 3.05) is 17.3 Å². The summed E-state index contributed by atoms with van der Waals surface area (Å²) in [6.45, 7) is 3.95. The molecule has 0 bridgehead atoms. The van der Waals surface area contributed by atoms with Crippen molar-refractivity contribution < 1.29 is 4.79 Å². The highest BCUT2D eigenvalue weighted by atomic mass is 35.5. The fraction of sp³-hybridized carbons (Fsp3) is 0.375. The Balaban J connectivity index is 0.00000288. The number of carbonyl (C=O) groups excluding carboxylic acids is 1. The van der Waals surface area contributed by atoms with E-state index in [2.05, 4.69) is 15.5 Å². The minimum atomic E-state index is -0.488. The van der Waals surface area contributed by atoms with Crippen molar-refractivity contribution in [3.63, 3.8) is 0 Å². The molecule has 0 saturated carbocycles. The van der Waals surface area contributed by atoms with Crippen LogP contribution in [0.15, 0.2) is 34.1 Å². The van der Waals surface area contributed by atoms with Crippen molar-refractivity contribution in [3.8, 4) is 0 Å². The average Bonchev–Trinajstić information content (AvgIpc) is 2.86. The quantitative estimate of drug-likeness (QED) is 0.676. The summed E-state index contributed by atoms with van der Waals surface area (Å²) in [7, 11) is 0. The first kappa shape index (κ1) is 20.9. The first-order valence-electron chi connectivity index (χ1n) is 7.36. The molecule has 0 unspecified atom stereocenters. The lowest BCUT2D eigenvalue weighted by Gasteiger charge is -2.14. The van der Waals surface area contributed by atoms with Crippen molar-refractivity contribution in [2.24, 2.45) is 5.73 Å². The third kappa shape index (κ3) is 5.44. The zero-order valence-corrected chi connectivity index (χ0v) is 16.4. The Morgan fingerprint density at radius 1 is 1.38 bits per heavy atom. The minimum Gasteiger partial charge on any atom is -0.324 e. The van der Waals surface area contributed by atoms with E-state index >= 15 is 0 Å². The molecule has 0 spiro atoms. The number of para-hydroxylation sites is 1. The number of amides is 1. The maximum atomic E-state index is 12.2. The Morgan fingerprint density at radius 2 is 2.08 bits per heavy atom. The first-order valence-corrected chi connectivity index (χ1v) is 9.57. The summed E-state index contributed by atoms with van der Waals surface area (Å²) in [5, 5.41) is 10.1. The van der Waals surface area contributed by atoms with Crippen molar-refractivity contribution in [1.82, 2.24) is 10.2 Å². The van der Waals surface area contributed by atoms with Crippen LogP contribution in [-0.4, -0.2) is 34.2 Å². The van der Waals surface area contributed by atoms with Crippen LogP contribution >= 0.6 is 35.9 Å². The molecule has 2 rings (SSSR count). The minimum absolute atomic E-state index is 0. The Hall–Kier alpha value is -1.15. The molecule has 1 aromatic heterocycles. The van der Waals surface area contributed by atoms with Crippen LogP contribution in [0.4, 0.5) is 5.69 Å². The van der Waals surface area contributed by atoms with Crippen LogP contribution in [0.1, 0.15) is 17.8 Å². The second kappa shape index (κ2) is 9.98. The number of hydrogen-bond acceptors (Lipinski definition) is 5. The van der Waals surface area contributed by atoms with Gasteiger partial charge in [0.05, 0.1) is 22.3 Å². The number of nitrogens with zero attached hydrogens (tertiary/aromatic N) is 1. The molecule has 0 saturated heterocycles. The topological polar surface area (TPSA) is 83.8 Å². The summed E-state index contributed by atoms with van der Waals surface area (Å²) in [4.78, 5) is 14.3. The number of nitrogens with one attached hydrogen (secondary N) is 2. The normalized spacial score (nSPS) is 11.7. The zero-order chi connectivity index (χ0) is 16.8. The van der Waals surface area contributed by atoms with Gasteiger partial charge in [-0.15, -0.1) is 12.4 Å². The fourth-order valence-electron chi connectivity index (χ4n) is 2.06. The molecule has 1 atom stereocenters. The Labute approximate surface area is 157 Å². The summed E-state index contributed by atoms with van der Waals surface area (Å²) in [5.74, 6) is 0.728. The third-order valence-electron chi connectivity index (χ3n) is 3.39. The highest BCUT2D eigenvalue weighted by molar-refractivity contribution is 7.99. The molecule has 2 aromatic rings. The summed E-state index contributed by atoms with van der Waals surface area (Å²) in [6, 6.07) is 7.25. The summed E-state index contributed by atoms with van der Waals surface area (Å²) < 4.78 is 0. The van der Waals surface area contributed by atoms with E-state index in [4.69, 9.17) is 5.73 Å². The molecule has 132 valence electrons. The van der Waals surface area contributed by atoms with E-state index in [0.29, 0.717) is 6.42 Å². The number of aryl methyl sites for hydroxylation is 2. The van der Waals surface area contributed by atoms with Gasteiger partial charge in [0.25, 0.3) is 0 Å². The number of benzene rings is 1. The van der Waals surface area contributed by atoms with Gasteiger partial charge < -0.3 is 11.1 Å². The van der Waals surface area contributed by atoms with Gasteiger partial charge in [-0.2, -0.15) is 16.9 Å². The van der Waals surface area contributed by atoms with Gasteiger partial charge in [0.2, 0.25) is 5.91 Å². The summed E-state index contributed by atoms with van der Waals surface area (Å²) >= 11 is 3.28. The molecule has 0 aliphatic heterocycles. The van der Waals surface area contributed by atoms with Crippen LogP contribution in [0.25, 0.3) is 0 Å². The van der Waals surface area contributed by atoms with Gasteiger partial charge in [-0.1, -0.05) is 23.9 Å². The molecule has 1 amide bonds. The summed E-state index contributed by atoms with van der Waals surface area (Å²) in [5.41, 5.74) is 8.69. The standard InChI is InChI=1S/C16H22N4OS2.ClH/c1-10-15(11(2)20-19-10)23-14-7-5-4-6-13(14)18-16(21)12(17)8-9-22-3;/h4-7,12H,8-9,17H2,1-3H3,(H,18,21)(H,19,20);1H/t12-;/m0./s1. The van der Waals surface area contributed by atoms with E-state index in [-0.39, 0.29) is 18.3 Å². The Kier molecular flexibility index (Phi) is 8.69. The molecular weight excluding hydrogens is 364 g/mol. The van der Waals surface area contributed by atoms with E-state index in [1.807, 2.05) is 44.4 Å². The van der Waals surface area contributed by atoms with E-state index in [0.717, 1.165) is 32.6 Å². The predicted octanol–water partition coefficient (Wildman–Crippen LogP) is 3.62. The second-order valence-corrected chi connectivity index (χ2v) is 7.28. The number of nitrogens with two attached hydrogens (primary N) is 1. The summed E-state index contributed by atoms with van der Waals surface area (Å²) in [6.07, 6.45) is 2.68. The van der Waals surface area contributed by atoms with Gasteiger partial charge in [0.15, 0.2) is 0 Å². The van der Waals surface area contributed by atoms with Crippen molar-refractivity contribution in [3.05, 3.63) is 35.7 Å². The largest absolute Gasteiger partial charge is 0.324 e. The number of H-pyrrole nitrogens is 1. The smallest absolute Gasteiger partial charge is 0.241 e. The van der Waals surface area contributed by atoms with Gasteiger partial charge >= 0.3 is 0 Å². The van der Waals surface area contributed by atoms with E-state index in [1.54, 1.807) is 23.5 Å². The van der Waals surface area contributed by atoms with Crippen molar-refractivity contribution in [2.45, 2.75) is 36.1 Å². The molecule has 0 radical (unpaired) electrons. The molecule has 24 heavy (non-hydrogen) atoms. The van der Waals surface area contributed by atoms with Gasteiger partial charge in [-0.25, -0.2) is 0 Å². The number of aromatic amines is 1. The van der Waals surface area contributed by atoms with Crippen LogP contribution in [0.5, 0.6) is 0 Å². The van der Waals surface area contributed by atoms with E-state index in [9.17, 15) is 4.79 Å². The third-order valence-corrected chi connectivity index (χ3v) is 5.41. The number of rotatable bonds is 7. The lowest BCUT2D eigenvalue weighted by atomic mass is 10.2. The molecule has 5 nitrogen and oxygen atoms in total. The second-order valence-electron chi connectivity index (χ2n) is 5.24. The number of aromatic nitrogens is 2. The van der Waals surface area contributed by atoms with Crippen LogP contribution in [0, 0.1) is 13.8 Å². The molecule has 0 aliphatic rings. The maximum Gasteiger partial charge on any atom is 0.241 e. The molecular formula is C16H23ClN4OS2. The van der Waals surface area contributed by atoms with Gasteiger partial charge in [-0.05, 0) is 44.4 Å². The van der Waals surface area contributed by atoms with Crippen molar-refractivity contribution >= 4 is 47.5 Å². The van der Waals surface area contributed by atoms with Crippen LogP contribution in [0.2, 0.25) is 0 Å². The van der Waals surface area contributed by atoms with Gasteiger partial charge in [-0.3, -0.25) is 9.89 Å². The number of anilines is 1. The lowest BCUT2D eigenvalue weighted by Crippen LogP contribution is -2.36. The molecule has 8 heteroatoms. The number of thioether (sulfide) groups is 1. The van der Waals surface area contributed by atoms with Crippen molar-refractivity contribution in [1.29, 1.82) is 0 Å². The first-order chi connectivity index (χ1) is 11.0. The number of halogens is 1. The Bertz CT molecular complexity index is 658. The average molecular weight is 387 g/mol. The predicted molar refractivity (Wildman–Crippen MR) is 105 cm³/mol. The fourth-order valence-corrected chi connectivity index (χ4v) is 3.54. The Morgan fingerprint density at radius 3 is 2.71 bits per heavy atom. The van der Waals surface area contributed by atoms with Gasteiger partial charge in [0, 0.05) is 10.6 Å². The highest BCUT2D eigenvalue weighted by Gasteiger charge is 2.16. The monoisotopic (exact) mass is 386 g/mol. The van der Waals surface area contributed by atoms with Crippen LogP contribution < -0.4 is 11.1 Å². The van der Waals surface area contributed by atoms with Crippen LogP contribution in [-0.2, 0) is 4.79 Å². The van der Waals surface area contributed by atoms with Crippen LogP contribution in [0.3, 0.4) is 0 Å². The molecule has 0 fully saturated rings.